The highest BCUT2D eigenvalue weighted by Gasteiger charge is 2.29. The fourth-order valence-corrected chi connectivity index (χ4v) is 3.61. The maximum Gasteiger partial charge on any atom is 0.150 e. The van der Waals surface area contributed by atoms with Crippen LogP contribution in [0.4, 0.5) is 0 Å². The number of sulfone groups is 1. The van der Waals surface area contributed by atoms with Gasteiger partial charge in [-0.25, -0.2) is 8.42 Å². The van der Waals surface area contributed by atoms with Gasteiger partial charge in [0.25, 0.3) is 0 Å². The van der Waals surface area contributed by atoms with Crippen molar-refractivity contribution in [2.24, 2.45) is 0 Å². The minimum atomic E-state index is -2.88. The lowest BCUT2D eigenvalue weighted by Crippen LogP contribution is -2.44. The van der Waals surface area contributed by atoms with Crippen LogP contribution in [0.15, 0.2) is 0 Å². The van der Waals surface area contributed by atoms with E-state index in [1.54, 1.807) is 0 Å². The van der Waals surface area contributed by atoms with E-state index in [-0.39, 0.29) is 5.25 Å². The van der Waals surface area contributed by atoms with Crippen LogP contribution in [0.3, 0.4) is 0 Å². The summed E-state index contributed by atoms with van der Waals surface area (Å²) in [6.45, 7) is 5.48. The highest BCUT2D eigenvalue weighted by atomic mass is 32.2. The lowest BCUT2D eigenvalue weighted by molar-refractivity contribution is 0.121. The summed E-state index contributed by atoms with van der Waals surface area (Å²) in [7, 11) is -2.88. The molecule has 0 heterocycles. The molecule has 1 rings (SSSR count). The normalized spacial score (nSPS) is 27.9. The van der Waals surface area contributed by atoms with Crippen molar-refractivity contribution in [3.8, 4) is 0 Å². The molecule has 0 saturated heterocycles. The third-order valence-electron chi connectivity index (χ3n) is 3.32. The van der Waals surface area contributed by atoms with E-state index in [9.17, 15) is 8.42 Å². The zero-order valence-electron chi connectivity index (χ0n) is 11.1. The molecule has 3 unspecified atom stereocenters. The third kappa shape index (κ3) is 5.36. The summed E-state index contributed by atoms with van der Waals surface area (Å²) in [5, 5.41) is 3.31. The first-order valence-corrected chi connectivity index (χ1v) is 8.41. The minimum Gasteiger partial charge on any atom is -0.380 e. The molecule has 1 saturated carbocycles. The maximum atomic E-state index is 11.5. The van der Waals surface area contributed by atoms with Crippen LogP contribution in [-0.4, -0.2) is 45.2 Å². The van der Waals surface area contributed by atoms with Gasteiger partial charge in [-0.3, -0.25) is 0 Å². The van der Waals surface area contributed by atoms with Gasteiger partial charge < -0.3 is 10.1 Å². The molecule has 5 heteroatoms. The molecule has 3 atom stereocenters. The lowest BCUT2D eigenvalue weighted by atomic mass is 9.94. The molecule has 17 heavy (non-hydrogen) atoms. The van der Waals surface area contributed by atoms with Crippen LogP contribution in [0.2, 0.25) is 0 Å². The number of rotatable bonds is 6. The van der Waals surface area contributed by atoms with Gasteiger partial charge in [-0.05, 0) is 33.1 Å². The third-order valence-corrected chi connectivity index (χ3v) is 4.96. The summed E-state index contributed by atoms with van der Waals surface area (Å²) in [6.07, 6.45) is 4.98. The van der Waals surface area contributed by atoms with Gasteiger partial charge in [0, 0.05) is 24.9 Å². The van der Waals surface area contributed by atoms with Crippen molar-refractivity contribution in [1.82, 2.24) is 5.32 Å². The first-order valence-electron chi connectivity index (χ1n) is 6.46. The molecule has 1 fully saturated rings. The summed E-state index contributed by atoms with van der Waals surface area (Å²) in [4.78, 5) is 0. The van der Waals surface area contributed by atoms with Crippen LogP contribution in [0.1, 0.15) is 39.5 Å². The van der Waals surface area contributed by atoms with Crippen molar-refractivity contribution < 1.29 is 13.2 Å². The molecule has 1 aliphatic carbocycles. The van der Waals surface area contributed by atoms with Gasteiger partial charge in [-0.15, -0.1) is 0 Å². The Labute approximate surface area is 105 Å². The fraction of sp³-hybridized carbons (Fsp3) is 1.00. The van der Waals surface area contributed by atoms with E-state index in [0.717, 1.165) is 32.3 Å². The summed E-state index contributed by atoms with van der Waals surface area (Å²) in [5.41, 5.74) is 0. The van der Waals surface area contributed by atoms with E-state index in [1.807, 2.05) is 6.92 Å². The molecule has 0 aromatic carbocycles. The summed E-state index contributed by atoms with van der Waals surface area (Å²) >= 11 is 0. The molecular formula is C12H25NO3S. The molecule has 102 valence electrons. The monoisotopic (exact) mass is 263 g/mol. The molecule has 1 aliphatic rings. The SMILES string of the molecule is CCOCC(C)NC1CCCC(S(C)(=O)=O)C1. The van der Waals surface area contributed by atoms with Crippen LogP contribution in [-0.2, 0) is 14.6 Å². The van der Waals surface area contributed by atoms with Crippen molar-refractivity contribution in [1.29, 1.82) is 0 Å². The van der Waals surface area contributed by atoms with Gasteiger partial charge in [0.2, 0.25) is 0 Å². The van der Waals surface area contributed by atoms with E-state index in [0.29, 0.717) is 18.7 Å². The lowest BCUT2D eigenvalue weighted by Gasteiger charge is -2.31. The standard InChI is InChI=1S/C12H25NO3S/c1-4-16-9-10(2)13-11-6-5-7-12(8-11)17(3,14)15/h10-13H,4-9H2,1-3H3. The van der Waals surface area contributed by atoms with Crippen molar-refractivity contribution in [2.45, 2.75) is 56.9 Å². The average Bonchev–Trinajstić information content (AvgIpc) is 2.25. The van der Waals surface area contributed by atoms with Crippen LogP contribution in [0.5, 0.6) is 0 Å². The van der Waals surface area contributed by atoms with Gasteiger partial charge in [-0.2, -0.15) is 0 Å². The largest absolute Gasteiger partial charge is 0.380 e. The molecule has 0 spiro atoms. The van der Waals surface area contributed by atoms with Gasteiger partial charge in [0.15, 0.2) is 0 Å². The first kappa shape index (κ1) is 14.9. The van der Waals surface area contributed by atoms with Gasteiger partial charge in [0.1, 0.15) is 9.84 Å². The van der Waals surface area contributed by atoms with E-state index in [4.69, 9.17) is 4.74 Å². The quantitative estimate of drug-likeness (QED) is 0.786. The van der Waals surface area contributed by atoms with E-state index >= 15 is 0 Å². The van der Waals surface area contributed by atoms with Gasteiger partial charge >= 0.3 is 0 Å². The van der Waals surface area contributed by atoms with Crippen LogP contribution >= 0.6 is 0 Å². The Kier molecular flexibility index (Phi) is 5.89. The molecule has 0 aromatic rings. The van der Waals surface area contributed by atoms with E-state index in [2.05, 4.69) is 12.2 Å². The molecule has 0 bridgehead atoms. The molecular weight excluding hydrogens is 238 g/mol. The molecule has 0 aliphatic heterocycles. The van der Waals surface area contributed by atoms with Crippen LogP contribution in [0, 0.1) is 0 Å². The van der Waals surface area contributed by atoms with Crippen molar-refractivity contribution in [3.63, 3.8) is 0 Å². The first-order chi connectivity index (χ1) is 7.93. The second kappa shape index (κ2) is 6.71. The Morgan fingerprint density at radius 2 is 2.12 bits per heavy atom. The zero-order chi connectivity index (χ0) is 12.9. The molecule has 1 N–H and O–H groups in total. The molecule has 0 radical (unpaired) electrons. The van der Waals surface area contributed by atoms with Gasteiger partial charge in [0.05, 0.1) is 11.9 Å². The molecule has 4 nitrogen and oxygen atoms in total. The Balaban J connectivity index is 2.39. The Bertz CT molecular complexity index is 316. The number of hydrogen-bond acceptors (Lipinski definition) is 4. The average molecular weight is 263 g/mol. The second-order valence-electron chi connectivity index (χ2n) is 5.04. The number of nitrogens with one attached hydrogen (secondary N) is 1. The summed E-state index contributed by atoms with van der Waals surface area (Å²) < 4.78 is 28.4. The van der Waals surface area contributed by atoms with Gasteiger partial charge in [-0.1, -0.05) is 6.42 Å². The predicted octanol–water partition coefficient (Wildman–Crippen LogP) is 1.36. The Hall–Kier alpha value is -0.130. The number of hydrogen-bond donors (Lipinski definition) is 1. The second-order valence-corrected chi connectivity index (χ2v) is 7.37. The smallest absolute Gasteiger partial charge is 0.150 e. The maximum absolute atomic E-state index is 11.5. The zero-order valence-corrected chi connectivity index (χ0v) is 11.9. The van der Waals surface area contributed by atoms with E-state index in [1.165, 1.54) is 6.26 Å². The Morgan fingerprint density at radius 1 is 1.41 bits per heavy atom. The topological polar surface area (TPSA) is 55.4 Å². The Morgan fingerprint density at radius 3 is 2.71 bits per heavy atom. The van der Waals surface area contributed by atoms with E-state index < -0.39 is 9.84 Å². The molecule has 0 aromatic heterocycles. The van der Waals surface area contributed by atoms with Crippen LogP contribution in [0.25, 0.3) is 0 Å². The highest BCUT2D eigenvalue weighted by molar-refractivity contribution is 7.91. The van der Waals surface area contributed by atoms with Crippen molar-refractivity contribution in [2.75, 3.05) is 19.5 Å². The predicted molar refractivity (Wildman–Crippen MR) is 70.0 cm³/mol. The van der Waals surface area contributed by atoms with Crippen molar-refractivity contribution in [3.05, 3.63) is 0 Å². The summed E-state index contributed by atoms with van der Waals surface area (Å²) in [5.74, 6) is 0. The molecule has 0 amide bonds. The minimum absolute atomic E-state index is 0.159. The van der Waals surface area contributed by atoms with Crippen molar-refractivity contribution >= 4 is 9.84 Å². The highest BCUT2D eigenvalue weighted by Crippen LogP contribution is 2.24. The van der Waals surface area contributed by atoms with Crippen LogP contribution < -0.4 is 5.32 Å². The fourth-order valence-electron chi connectivity index (χ4n) is 2.43. The number of ether oxygens (including phenoxy) is 1. The summed E-state index contributed by atoms with van der Waals surface area (Å²) in [6, 6.07) is 0.609.